The first-order chi connectivity index (χ1) is 5.75. The molecule has 0 heterocycles. The number of carbonyl (C=O) groups is 2. The minimum Gasteiger partial charge on any atom is -0.300 e. The second kappa shape index (κ2) is 3.00. The minimum absolute atomic E-state index is 0.408. The molecular formula is C10H14O2. The predicted molar refractivity (Wildman–Crippen MR) is 44.7 cm³/mol. The first kappa shape index (κ1) is 7.96. The summed E-state index contributed by atoms with van der Waals surface area (Å²) in [7, 11) is 0. The van der Waals surface area contributed by atoms with Gasteiger partial charge < -0.3 is 0 Å². The van der Waals surface area contributed by atoms with Gasteiger partial charge in [-0.2, -0.15) is 0 Å². The molecule has 0 amide bonds. The number of rotatable bonds is 0. The van der Waals surface area contributed by atoms with Crippen LogP contribution in [0.3, 0.4) is 0 Å². The summed E-state index contributed by atoms with van der Waals surface area (Å²) >= 11 is 0. The fourth-order valence-electron chi connectivity index (χ4n) is 2.49. The molecule has 0 spiro atoms. The number of Topliss-reactive ketones (excluding diaryl/α,β-unsaturated/α-hetero) is 2. The minimum atomic E-state index is 0.408. The molecule has 2 rings (SSSR count). The van der Waals surface area contributed by atoms with E-state index in [1.165, 1.54) is 0 Å². The van der Waals surface area contributed by atoms with Gasteiger partial charge in [-0.05, 0) is 24.7 Å². The quantitative estimate of drug-likeness (QED) is 0.549. The molecule has 0 bridgehead atoms. The summed E-state index contributed by atoms with van der Waals surface area (Å²) in [6.07, 6.45) is 4.86. The molecule has 2 saturated carbocycles. The summed E-state index contributed by atoms with van der Waals surface area (Å²) in [6, 6.07) is 0. The van der Waals surface area contributed by atoms with Crippen molar-refractivity contribution in [2.45, 2.75) is 38.5 Å². The standard InChI is InChI=1S/C10H14O2/c11-9-3-1-7-5-10(12)4-2-8(7)6-9/h7-8H,1-6H2/t7-,8-/m1/s1. The van der Waals surface area contributed by atoms with Crippen LogP contribution < -0.4 is 0 Å². The molecule has 0 radical (unpaired) electrons. The van der Waals surface area contributed by atoms with E-state index < -0.39 is 0 Å². The number of carbonyl (C=O) groups excluding carboxylic acids is 2. The van der Waals surface area contributed by atoms with Gasteiger partial charge in [-0.15, -0.1) is 0 Å². The van der Waals surface area contributed by atoms with Crippen LogP contribution in [0.25, 0.3) is 0 Å². The number of fused-ring (bicyclic) bond motifs is 1. The average molecular weight is 166 g/mol. The van der Waals surface area contributed by atoms with E-state index in [1.807, 2.05) is 0 Å². The molecule has 0 aromatic rings. The predicted octanol–water partition coefficient (Wildman–Crippen LogP) is 1.72. The van der Waals surface area contributed by atoms with Crippen molar-refractivity contribution in [3.63, 3.8) is 0 Å². The van der Waals surface area contributed by atoms with E-state index in [9.17, 15) is 9.59 Å². The second-order valence-electron chi connectivity index (χ2n) is 4.08. The second-order valence-corrected chi connectivity index (χ2v) is 4.08. The third-order valence-corrected chi connectivity index (χ3v) is 3.23. The van der Waals surface area contributed by atoms with Gasteiger partial charge in [0.15, 0.2) is 0 Å². The van der Waals surface area contributed by atoms with Crippen LogP contribution in [0.4, 0.5) is 0 Å². The molecule has 0 aliphatic heterocycles. The summed E-state index contributed by atoms with van der Waals surface area (Å²) in [6.45, 7) is 0. The number of hydrogen-bond donors (Lipinski definition) is 0. The van der Waals surface area contributed by atoms with Crippen molar-refractivity contribution in [3.8, 4) is 0 Å². The lowest BCUT2D eigenvalue weighted by Gasteiger charge is -2.33. The maximum absolute atomic E-state index is 11.1. The molecule has 12 heavy (non-hydrogen) atoms. The highest BCUT2D eigenvalue weighted by Crippen LogP contribution is 2.37. The van der Waals surface area contributed by atoms with E-state index in [4.69, 9.17) is 0 Å². The topological polar surface area (TPSA) is 34.1 Å². The largest absolute Gasteiger partial charge is 0.300 e. The molecule has 2 heteroatoms. The maximum Gasteiger partial charge on any atom is 0.133 e. The van der Waals surface area contributed by atoms with Crippen LogP contribution in [0.5, 0.6) is 0 Å². The van der Waals surface area contributed by atoms with Crippen molar-refractivity contribution in [2.75, 3.05) is 0 Å². The molecule has 2 fully saturated rings. The average Bonchev–Trinajstić information content (AvgIpc) is 2.05. The molecule has 2 aliphatic rings. The highest BCUT2D eigenvalue weighted by Gasteiger charge is 2.33. The lowest BCUT2D eigenvalue weighted by Crippen LogP contribution is -2.31. The van der Waals surface area contributed by atoms with Gasteiger partial charge in [0.2, 0.25) is 0 Å². The fraction of sp³-hybridized carbons (Fsp3) is 0.800. The molecule has 66 valence electrons. The highest BCUT2D eigenvalue weighted by atomic mass is 16.1. The Morgan fingerprint density at radius 1 is 0.833 bits per heavy atom. The molecule has 2 nitrogen and oxygen atoms in total. The number of hydrogen-bond acceptors (Lipinski definition) is 2. The third kappa shape index (κ3) is 1.43. The number of ketones is 2. The third-order valence-electron chi connectivity index (χ3n) is 3.23. The Morgan fingerprint density at radius 3 is 1.67 bits per heavy atom. The Kier molecular flexibility index (Phi) is 1.99. The van der Waals surface area contributed by atoms with E-state index in [2.05, 4.69) is 0 Å². The first-order valence-electron chi connectivity index (χ1n) is 4.79. The normalized spacial score (nSPS) is 36.3. The Hall–Kier alpha value is -0.660. The van der Waals surface area contributed by atoms with E-state index in [0.29, 0.717) is 36.2 Å². The summed E-state index contributed by atoms with van der Waals surface area (Å²) in [5.41, 5.74) is 0. The van der Waals surface area contributed by atoms with Crippen molar-refractivity contribution in [1.82, 2.24) is 0 Å². The van der Waals surface area contributed by atoms with Crippen LogP contribution in [0.2, 0.25) is 0 Å². The van der Waals surface area contributed by atoms with Gasteiger partial charge in [0.05, 0.1) is 0 Å². The van der Waals surface area contributed by atoms with Crippen molar-refractivity contribution in [3.05, 3.63) is 0 Å². The molecule has 2 aliphatic carbocycles. The van der Waals surface area contributed by atoms with Crippen LogP contribution >= 0.6 is 0 Å². The van der Waals surface area contributed by atoms with E-state index in [1.54, 1.807) is 0 Å². The van der Waals surface area contributed by atoms with Crippen molar-refractivity contribution in [1.29, 1.82) is 0 Å². The molecule has 0 saturated heterocycles. The van der Waals surface area contributed by atoms with Gasteiger partial charge in [0, 0.05) is 25.7 Å². The van der Waals surface area contributed by atoms with Crippen LogP contribution in [-0.4, -0.2) is 11.6 Å². The summed E-state index contributed by atoms with van der Waals surface area (Å²) < 4.78 is 0. The van der Waals surface area contributed by atoms with Crippen molar-refractivity contribution < 1.29 is 9.59 Å². The SMILES string of the molecule is O=C1CC[C@@H]2CC(=O)CC[C@@H]2C1. The lowest BCUT2D eigenvalue weighted by atomic mass is 9.70. The Balaban J connectivity index is 2.02. The molecule has 0 aromatic carbocycles. The monoisotopic (exact) mass is 166 g/mol. The first-order valence-corrected chi connectivity index (χ1v) is 4.79. The Bertz CT molecular complexity index is 196. The van der Waals surface area contributed by atoms with Crippen molar-refractivity contribution >= 4 is 11.6 Å². The smallest absolute Gasteiger partial charge is 0.133 e. The Morgan fingerprint density at radius 2 is 1.25 bits per heavy atom. The summed E-state index contributed by atoms with van der Waals surface area (Å²) in [4.78, 5) is 22.2. The fourth-order valence-corrected chi connectivity index (χ4v) is 2.49. The molecule has 2 atom stereocenters. The zero-order valence-electron chi connectivity index (χ0n) is 7.21. The van der Waals surface area contributed by atoms with Gasteiger partial charge in [0.25, 0.3) is 0 Å². The zero-order chi connectivity index (χ0) is 8.55. The molecule has 0 aromatic heterocycles. The van der Waals surface area contributed by atoms with Gasteiger partial charge in [-0.1, -0.05) is 0 Å². The maximum atomic E-state index is 11.1. The molecule has 0 N–H and O–H groups in total. The van der Waals surface area contributed by atoms with Crippen LogP contribution in [0, 0.1) is 11.8 Å². The van der Waals surface area contributed by atoms with E-state index in [0.717, 1.165) is 25.7 Å². The van der Waals surface area contributed by atoms with Crippen LogP contribution in [0.1, 0.15) is 38.5 Å². The van der Waals surface area contributed by atoms with Gasteiger partial charge in [-0.25, -0.2) is 0 Å². The zero-order valence-corrected chi connectivity index (χ0v) is 7.21. The lowest BCUT2D eigenvalue weighted by molar-refractivity contribution is -0.129. The summed E-state index contributed by atoms with van der Waals surface area (Å²) in [5, 5.41) is 0. The van der Waals surface area contributed by atoms with E-state index >= 15 is 0 Å². The Labute approximate surface area is 72.3 Å². The molecular weight excluding hydrogens is 152 g/mol. The van der Waals surface area contributed by atoms with Gasteiger partial charge in [-0.3, -0.25) is 9.59 Å². The van der Waals surface area contributed by atoms with Crippen LogP contribution in [0.15, 0.2) is 0 Å². The van der Waals surface area contributed by atoms with Crippen LogP contribution in [-0.2, 0) is 9.59 Å². The molecule has 0 unspecified atom stereocenters. The summed E-state index contributed by atoms with van der Waals surface area (Å²) in [5.74, 6) is 1.91. The van der Waals surface area contributed by atoms with Gasteiger partial charge in [0.1, 0.15) is 11.6 Å². The van der Waals surface area contributed by atoms with Gasteiger partial charge >= 0.3 is 0 Å². The van der Waals surface area contributed by atoms with E-state index in [-0.39, 0.29) is 0 Å². The van der Waals surface area contributed by atoms with Crippen molar-refractivity contribution in [2.24, 2.45) is 11.8 Å². The highest BCUT2D eigenvalue weighted by molar-refractivity contribution is 5.82.